The molecule has 2 aromatic rings. The van der Waals surface area contributed by atoms with Gasteiger partial charge >= 0.3 is 0 Å². The zero-order valence-corrected chi connectivity index (χ0v) is 12.8. The Hall–Kier alpha value is -2.05. The van der Waals surface area contributed by atoms with Gasteiger partial charge in [-0.1, -0.05) is 17.7 Å². The van der Waals surface area contributed by atoms with Crippen LogP contribution in [0.1, 0.15) is 27.6 Å². The molecule has 2 rings (SSSR count). The standard InChI is InChI=1S/C16H13ClF3NO2/c1-8-4-10(13(19)6-12(8)18)16(23)21-7-15(22)9-2-3-11(17)14(20)5-9/h2-6,15,22H,7H2,1H3,(H,21,23). The number of carbonyl (C=O) groups excluding carboxylic acids is 1. The average molecular weight is 344 g/mol. The van der Waals surface area contributed by atoms with Crippen molar-refractivity contribution in [2.75, 3.05) is 6.54 Å². The van der Waals surface area contributed by atoms with Gasteiger partial charge in [-0.25, -0.2) is 13.2 Å². The minimum Gasteiger partial charge on any atom is -0.387 e. The topological polar surface area (TPSA) is 49.3 Å². The molecule has 0 aliphatic heterocycles. The molecule has 23 heavy (non-hydrogen) atoms. The molecule has 0 bridgehead atoms. The van der Waals surface area contributed by atoms with Crippen LogP contribution in [0.5, 0.6) is 0 Å². The van der Waals surface area contributed by atoms with Crippen molar-refractivity contribution in [1.82, 2.24) is 5.32 Å². The maximum Gasteiger partial charge on any atom is 0.254 e. The second-order valence-corrected chi connectivity index (χ2v) is 5.39. The van der Waals surface area contributed by atoms with Crippen molar-refractivity contribution in [2.24, 2.45) is 0 Å². The molecule has 3 nitrogen and oxygen atoms in total. The summed E-state index contributed by atoms with van der Waals surface area (Å²) >= 11 is 5.54. The summed E-state index contributed by atoms with van der Waals surface area (Å²) in [6.07, 6.45) is -1.20. The monoisotopic (exact) mass is 343 g/mol. The summed E-state index contributed by atoms with van der Waals surface area (Å²) in [4.78, 5) is 11.9. The Morgan fingerprint density at radius 1 is 1.17 bits per heavy atom. The zero-order chi connectivity index (χ0) is 17.1. The highest BCUT2D eigenvalue weighted by Crippen LogP contribution is 2.20. The van der Waals surface area contributed by atoms with E-state index in [1.807, 2.05) is 0 Å². The molecule has 1 atom stereocenters. The number of halogens is 4. The summed E-state index contributed by atoms with van der Waals surface area (Å²) < 4.78 is 40.1. The summed E-state index contributed by atoms with van der Waals surface area (Å²) in [5, 5.41) is 12.1. The molecule has 0 saturated heterocycles. The molecular formula is C16H13ClF3NO2. The summed E-state index contributed by atoms with van der Waals surface area (Å²) in [5.41, 5.74) is -0.00165. The van der Waals surface area contributed by atoms with Gasteiger partial charge in [0, 0.05) is 12.6 Å². The van der Waals surface area contributed by atoms with E-state index >= 15 is 0 Å². The van der Waals surface area contributed by atoms with Gasteiger partial charge in [-0.2, -0.15) is 0 Å². The Labute approximate surface area is 135 Å². The zero-order valence-electron chi connectivity index (χ0n) is 12.0. The molecule has 0 aliphatic rings. The van der Waals surface area contributed by atoms with Gasteiger partial charge in [0.25, 0.3) is 5.91 Å². The van der Waals surface area contributed by atoms with Gasteiger partial charge in [-0.15, -0.1) is 0 Å². The number of hydrogen-bond acceptors (Lipinski definition) is 2. The Morgan fingerprint density at radius 2 is 1.87 bits per heavy atom. The van der Waals surface area contributed by atoms with Gasteiger partial charge in [0.15, 0.2) is 0 Å². The number of benzene rings is 2. The fourth-order valence-electron chi connectivity index (χ4n) is 1.95. The molecule has 122 valence electrons. The first-order valence-corrected chi connectivity index (χ1v) is 7.04. The van der Waals surface area contributed by atoms with Crippen LogP contribution >= 0.6 is 11.6 Å². The van der Waals surface area contributed by atoms with Gasteiger partial charge in [-0.05, 0) is 36.2 Å². The Balaban J connectivity index is 2.06. The minimum atomic E-state index is -1.20. The lowest BCUT2D eigenvalue weighted by Crippen LogP contribution is -2.29. The highest BCUT2D eigenvalue weighted by molar-refractivity contribution is 6.30. The number of amides is 1. The van der Waals surface area contributed by atoms with Gasteiger partial charge in [-0.3, -0.25) is 4.79 Å². The molecule has 2 aromatic carbocycles. The molecule has 0 spiro atoms. The van der Waals surface area contributed by atoms with E-state index in [1.54, 1.807) is 0 Å². The Kier molecular flexibility index (Phi) is 5.28. The number of aryl methyl sites for hydroxylation is 1. The average Bonchev–Trinajstić information content (AvgIpc) is 2.50. The van der Waals surface area contributed by atoms with E-state index in [2.05, 4.69) is 5.32 Å². The fraction of sp³-hybridized carbons (Fsp3) is 0.188. The number of carbonyl (C=O) groups is 1. The van der Waals surface area contributed by atoms with Crippen molar-refractivity contribution >= 4 is 17.5 Å². The van der Waals surface area contributed by atoms with Crippen LogP contribution in [0.4, 0.5) is 13.2 Å². The maximum absolute atomic E-state index is 13.6. The van der Waals surface area contributed by atoms with E-state index in [1.165, 1.54) is 19.1 Å². The third kappa shape index (κ3) is 4.03. The molecule has 0 fully saturated rings. The number of aliphatic hydroxyl groups excluding tert-OH is 1. The van der Waals surface area contributed by atoms with E-state index < -0.39 is 29.5 Å². The Morgan fingerprint density at radius 3 is 2.52 bits per heavy atom. The predicted octanol–water partition coefficient (Wildman–Crippen LogP) is 3.53. The van der Waals surface area contributed by atoms with Crippen molar-refractivity contribution in [3.63, 3.8) is 0 Å². The van der Waals surface area contributed by atoms with Crippen molar-refractivity contribution in [2.45, 2.75) is 13.0 Å². The van der Waals surface area contributed by atoms with Gasteiger partial charge in [0.05, 0.1) is 16.7 Å². The number of aliphatic hydroxyl groups is 1. The minimum absolute atomic E-state index is 0.0890. The lowest BCUT2D eigenvalue weighted by Gasteiger charge is -2.13. The predicted molar refractivity (Wildman–Crippen MR) is 79.8 cm³/mol. The lowest BCUT2D eigenvalue weighted by atomic mass is 10.1. The Bertz CT molecular complexity index is 752. The van der Waals surface area contributed by atoms with E-state index in [-0.39, 0.29) is 28.3 Å². The summed E-state index contributed by atoms with van der Waals surface area (Å²) in [6, 6.07) is 5.43. The van der Waals surface area contributed by atoms with E-state index in [4.69, 9.17) is 11.6 Å². The van der Waals surface area contributed by atoms with Crippen LogP contribution in [-0.4, -0.2) is 17.6 Å². The van der Waals surface area contributed by atoms with Crippen LogP contribution in [-0.2, 0) is 0 Å². The van der Waals surface area contributed by atoms with Crippen LogP contribution in [0.25, 0.3) is 0 Å². The SMILES string of the molecule is Cc1cc(C(=O)NCC(O)c2ccc(Cl)c(F)c2)c(F)cc1F. The van der Waals surface area contributed by atoms with Crippen molar-refractivity contribution in [3.05, 3.63) is 69.5 Å². The summed E-state index contributed by atoms with van der Waals surface area (Å²) in [5.74, 6) is -3.26. The first kappa shape index (κ1) is 17.3. The van der Waals surface area contributed by atoms with E-state index in [0.29, 0.717) is 6.07 Å². The van der Waals surface area contributed by atoms with Crippen molar-refractivity contribution < 1.29 is 23.1 Å². The summed E-state index contributed by atoms with van der Waals surface area (Å²) in [6.45, 7) is 1.13. The third-order valence-electron chi connectivity index (χ3n) is 3.28. The molecule has 0 radical (unpaired) electrons. The lowest BCUT2D eigenvalue weighted by molar-refractivity contribution is 0.0912. The smallest absolute Gasteiger partial charge is 0.254 e. The normalized spacial score (nSPS) is 12.1. The first-order chi connectivity index (χ1) is 10.8. The van der Waals surface area contributed by atoms with Crippen LogP contribution in [0.3, 0.4) is 0 Å². The second kappa shape index (κ2) is 7.02. The number of hydrogen-bond donors (Lipinski definition) is 2. The summed E-state index contributed by atoms with van der Waals surface area (Å²) in [7, 11) is 0. The fourth-order valence-corrected chi connectivity index (χ4v) is 2.07. The van der Waals surface area contributed by atoms with Crippen LogP contribution in [0.15, 0.2) is 30.3 Å². The maximum atomic E-state index is 13.6. The molecule has 0 saturated carbocycles. The molecule has 7 heteroatoms. The van der Waals surface area contributed by atoms with Gasteiger partial charge in [0.2, 0.25) is 0 Å². The molecule has 0 aromatic heterocycles. The number of nitrogens with one attached hydrogen (secondary N) is 1. The molecule has 0 aliphatic carbocycles. The molecular weight excluding hydrogens is 331 g/mol. The quantitative estimate of drug-likeness (QED) is 0.892. The highest BCUT2D eigenvalue weighted by atomic mass is 35.5. The molecule has 0 heterocycles. The third-order valence-corrected chi connectivity index (χ3v) is 3.58. The van der Waals surface area contributed by atoms with Crippen LogP contribution in [0, 0.1) is 24.4 Å². The highest BCUT2D eigenvalue weighted by Gasteiger charge is 2.17. The number of rotatable bonds is 4. The second-order valence-electron chi connectivity index (χ2n) is 4.98. The molecule has 1 amide bonds. The van der Waals surface area contributed by atoms with Crippen molar-refractivity contribution in [1.29, 1.82) is 0 Å². The van der Waals surface area contributed by atoms with Crippen LogP contribution in [0.2, 0.25) is 5.02 Å². The molecule has 2 N–H and O–H groups in total. The van der Waals surface area contributed by atoms with Gasteiger partial charge < -0.3 is 10.4 Å². The van der Waals surface area contributed by atoms with E-state index in [9.17, 15) is 23.1 Å². The first-order valence-electron chi connectivity index (χ1n) is 6.66. The van der Waals surface area contributed by atoms with Gasteiger partial charge in [0.1, 0.15) is 17.5 Å². The molecule has 1 unspecified atom stereocenters. The van der Waals surface area contributed by atoms with Crippen LogP contribution < -0.4 is 5.32 Å². The van der Waals surface area contributed by atoms with Crippen molar-refractivity contribution in [3.8, 4) is 0 Å². The van der Waals surface area contributed by atoms with E-state index in [0.717, 1.165) is 12.1 Å². The largest absolute Gasteiger partial charge is 0.387 e.